The summed E-state index contributed by atoms with van der Waals surface area (Å²) in [4.78, 5) is 30.6. The summed E-state index contributed by atoms with van der Waals surface area (Å²) in [5, 5.41) is 13.0. The second-order valence-corrected chi connectivity index (χ2v) is 10.1. The molecular weight excluding hydrogens is 470 g/mol. The molecule has 0 aliphatic rings. The first-order valence-corrected chi connectivity index (χ1v) is 12.4. The fourth-order valence-corrected chi connectivity index (χ4v) is 5.22. The highest BCUT2D eigenvalue weighted by Crippen LogP contribution is 2.36. The van der Waals surface area contributed by atoms with Crippen molar-refractivity contribution in [2.75, 3.05) is 5.32 Å². The van der Waals surface area contributed by atoms with E-state index in [0.717, 1.165) is 65.6 Å². The van der Waals surface area contributed by atoms with Crippen molar-refractivity contribution >= 4 is 44.6 Å². The number of carbonyl (C=O) groups is 1. The molecule has 6 heterocycles. The summed E-state index contributed by atoms with van der Waals surface area (Å²) in [6.45, 7) is 5.77. The van der Waals surface area contributed by atoms with Gasteiger partial charge in [-0.25, -0.2) is 0 Å². The number of H-pyrrole nitrogens is 2. The van der Waals surface area contributed by atoms with Crippen LogP contribution in [0.5, 0.6) is 0 Å². The molecule has 6 aromatic heterocycles. The Kier molecular flexibility index (Phi) is 5.34. The minimum Gasteiger partial charge on any atom is -0.382 e. The van der Waals surface area contributed by atoms with Gasteiger partial charge in [-0.1, -0.05) is 0 Å². The van der Waals surface area contributed by atoms with Crippen molar-refractivity contribution < 1.29 is 4.79 Å². The van der Waals surface area contributed by atoms with Crippen molar-refractivity contribution in [2.45, 2.75) is 26.8 Å². The molecule has 0 fully saturated rings. The predicted molar refractivity (Wildman–Crippen MR) is 144 cm³/mol. The number of thiophene rings is 1. The maximum absolute atomic E-state index is 11.8. The van der Waals surface area contributed by atoms with Gasteiger partial charge in [0, 0.05) is 46.5 Å². The Morgan fingerprint density at radius 2 is 1.83 bits per heavy atom. The minimum atomic E-state index is 0.0568. The van der Waals surface area contributed by atoms with E-state index < -0.39 is 0 Å². The van der Waals surface area contributed by atoms with Crippen LogP contribution in [-0.4, -0.2) is 42.0 Å². The fraction of sp³-hybridized carbons (Fsp3) is 0.148. The number of carbonyl (C=O) groups excluding carboxylic acids is 1. The zero-order chi connectivity index (χ0) is 24.8. The lowest BCUT2D eigenvalue weighted by molar-refractivity contribution is 0.102. The van der Waals surface area contributed by atoms with Gasteiger partial charge in [0.1, 0.15) is 5.69 Å². The van der Waals surface area contributed by atoms with Gasteiger partial charge in [-0.3, -0.25) is 24.8 Å². The standard InChI is InChI=1S/C27H23N7OS/c1-14(2)31-17-8-16(11-28-12-17)21-9-19-23(13-30-21)33-34-26(19)22-10-18-20(32-22)6-7-29-27(18)25-5-4-24(36-25)15(3)35/h4-14,31-32H,1-3H3,(H,33,34). The zero-order valence-electron chi connectivity index (χ0n) is 20.0. The average molecular weight is 494 g/mol. The van der Waals surface area contributed by atoms with Gasteiger partial charge in [-0.15, -0.1) is 11.3 Å². The molecule has 0 unspecified atom stereocenters. The largest absolute Gasteiger partial charge is 0.382 e. The molecule has 0 radical (unpaired) electrons. The second kappa shape index (κ2) is 8.69. The summed E-state index contributed by atoms with van der Waals surface area (Å²) >= 11 is 1.46. The van der Waals surface area contributed by atoms with Crippen LogP contribution >= 0.6 is 11.3 Å². The number of pyridine rings is 3. The highest BCUT2D eigenvalue weighted by Gasteiger charge is 2.17. The van der Waals surface area contributed by atoms with E-state index in [1.807, 2.05) is 36.7 Å². The zero-order valence-corrected chi connectivity index (χ0v) is 20.8. The number of aromatic amines is 2. The first-order chi connectivity index (χ1) is 17.5. The van der Waals surface area contributed by atoms with Gasteiger partial charge in [0.2, 0.25) is 0 Å². The van der Waals surface area contributed by atoms with E-state index in [2.05, 4.69) is 61.4 Å². The summed E-state index contributed by atoms with van der Waals surface area (Å²) in [6.07, 6.45) is 7.21. The van der Waals surface area contributed by atoms with Crippen LogP contribution < -0.4 is 5.32 Å². The van der Waals surface area contributed by atoms with Gasteiger partial charge in [-0.05, 0) is 57.2 Å². The Morgan fingerprint density at radius 1 is 0.972 bits per heavy atom. The number of rotatable bonds is 6. The molecule has 0 aliphatic heterocycles. The number of nitrogens with zero attached hydrogens (tertiary/aromatic N) is 4. The smallest absolute Gasteiger partial charge is 0.169 e. The average Bonchev–Trinajstić information content (AvgIpc) is 3.60. The lowest BCUT2D eigenvalue weighted by Gasteiger charge is -2.10. The lowest BCUT2D eigenvalue weighted by atomic mass is 10.1. The van der Waals surface area contributed by atoms with Crippen molar-refractivity contribution in [1.82, 2.24) is 30.1 Å². The molecule has 6 aromatic rings. The lowest BCUT2D eigenvalue weighted by Crippen LogP contribution is -2.09. The number of aromatic nitrogens is 6. The Bertz CT molecular complexity index is 1740. The van der Waals surface area contributed by atoms with E-state index in [0.29, 0.717) is 6.04 Å². The third-order valence-electron chi connectivity index (χ3n) is 5.93. The second-order valence-electron chi connectivity index (χ2n) is 8.97. The van der Waals surface area contributed by atoms with Gasteiger partial charge in [0.05, 0.1) is 44.2 Å². The van der Waals surface area contributed by atoms with Crippen LogP contribution in [0.2, 0.25) is 0 Å². The molecule has 0 spiro atoms. The van der Waals surface area contributed by atoms with Crippen LogP contribution in [0.15, 0.2) is 61.2 Å². The third kappa shape index (κ3) is 3.93. The fourth-order valence-electron chi connectivity index (χ4n) is 4.30. The van der Waals surface area contributed by atoms with E-state index in [9.17, 15) is 4.79 Å². The van der Waals surface area contributed by atoms with Gasteiger partial charge in [0.15, 0.2) is 5.78 Å². The third-order valence-corrected chi connectivity index (χ3v) is 7.12. The molecule has 0 atom stereocenters. The number of ketones is 1. The summed E-state index contributed by atoms with van der Waals surface area (Å²) in [5.41, 5.74) is 7.02. The Hall–Kier alpha value is -4.37. The first kappa shape index (κ1) is 22.1. The molecule has 6 rings (SSSR count). The Morgan fingerprint density at radius 3 is 2.64 bits per heavy atom. The highest BCUT2D eigenvalue weighted by molar-refractivity contribution is 7.17. The summed E-state index contributed by atoms with van der Waals surface area (Å²) in [6, 6.07) is 12.2. The number of fused-ring (bicyclic) bond motifs is 2. The summed E-state index contributed by atoms with van der Waals surface area (Å²) in [7, 11) is 0. The molecule has 0 saturated heterocycles. The van der Waals surface area contributed by atoms with Crippen LogP contribution in [0.25, 0.3) is 55.0 Å². The van der Waals surface area contributed by atoms with Crippen molar-refractivity contribution in [3.8, 4) is 33.2 Å². The SMILES string of the molecule is CC(=O)c1ccc(-c2nccc3[nH]c(-c4n[nH]c5cnc(-c6cncc(NC(C)C)c6)cc45)cc23)s1. The first-order valence-electron chi connectivity index (χ1n) is 11.6. The molecule has 178 valence electrons. The van der Waals surface area contributed by atoms with Gasteiger partial charge >= 0.3 is 0 Å². The molecule has 0 aromatic carbocycles. The van der Waals surface area contributed by atoms with Crippen LogP contribution in [0, 0.1) is 0 Å². The summed E-state index contributed by atoms with van der Waals surface area (Å²) < 4.78 is 0. The topological polar surface area (TPSA) is 112 Å². The maximum atomic E-state index is 11.8. The maximum Gasteiger partial charge on any atom is 0.169 e. The quantitative estimate of drug-likeness (QED) is 0.234. The number of nitrogens with one attached hydrogen (secondary N) is 3. The van der Waals surface area contributed by atoms with Crippen LogP contribution in [0.1, 0.15) is 30.4 Å². The van der Waals surface area contributed by atoms with Crippen molar-refractivity contribution in [3.63, 3.8) is 0 Å². The monoisotopic (exact) mass is 493 g/mol. The highest BCUT2D eigenvalue weighted by atomic mass is 32.1. The molecule has 0 aliphatic carbocycles. The van der Waals surface area contributed by atoms with Crippen LogP contribution in [-0.2, 0) is 0 Å². The van der Waals surface area contributed by atoms with Crippen LogP contribution in [0.3, 0.4) is 0 Å². The van der Waals surface area contributed by atoms with E-state index >= 15 is 0 Å². The Labute approximate surface area is 210 Å². The molecule has 0 bridgehead atoms. The van der Waals surface area contributed by atoms with E-state index in [1.54, 1.807) is 19.3 Å². The number of hydrogen-bond donors (Lipinski definition) is 3. The molecule has 9 heteroatoms. The molecule has 0 saturated carbocycles. The number of anilines is 1. The molecule has 0 amide bonds. The van der Waals surface area contributed by atoms with Crippen LogP contribution in [0.4, 0.5) is 5.69 Å². The van der Waals surface area contributed by atoms with Crippen molar-refractivity contribution in [3.05, 3.63) is 66.1 Å². The molecular formula is C27H23N7OS. The van der Waals surface area contributed by atoms with Crippen molar-refractivity contribution in [2.24, 2.45) is 0 Å². The van der Waals surface area contributed by atoms with E-state index in [1.165, 1.54) is 11.3 Å². The van der Waals surface area contributed by atoms with Gasteiger partial charge in [-0.2, -0.15) is 5.10 Å². The molecule has 36 heavy (non-hydrogen) atoms. The van der Waals surface area contributed by atoms with E-state index in [4.69, 9.17) is 0 Å². The number of hydrogen-bond acceptors (Lipinski definition) is 7. The normalized spacial score (nSPS) is 11.6. The predicted octanol–water partition coefficient (Wildman–Crippen LogP) is 6.31. The van der Waals surface area contributed by atoms with Crippen molar-refractivity contribution in [1.29, 1.82) is 0 Å². The van der Waals surface area contributed by atoms with Gasteiger partial charge in [0.25, 0.3) is 0 Å². The van der Waals surface area contributed by atoms with Gasteiger partial charge < -0.3 is 10.3 Å². The summed E-state index contributed by atoms with van der Waals surface area (Å²) in [5.74, 6) is 0.0568. The number of Topliss-reactive ketones (excluding diaryl/α,β-unsaturated/α-hetero) is 1. The Balaban J connectivity index is 1.43. The minimum absolute atomic E-state index is 0.0568. The molecule has 8 nitrogen and oxygen atoms in total. The van der Waals surface area contributed by atoms with E-state index in [-0.39, 0.29) is 5.78 Å². The molecule has 3 N–H and O–H groups in total.